The first kappa shape index (κ1) is 11.5. The Morgan fingerprint density at radius 3 is 2.94 bits per heavy atom. The Kier molecular flexibility index (Phi) is 3.88. The van der Waals surface area contributed by atoms with E-state index in [1.165, 1.54) is 0 Å². The van der Waals surface area contributed by atoms with Crippen molar-refractivity contribution in [2.75, 3.05) is 19.6 Å². The second-order valence-electron chi connectivity index (χ2n) is 4.18. The molecule has 2 atom stereocenters. The van der Waals surface area contributed by atoms with E-state index in [9.17, 15) is 5.11 Å². The molecule has 0 radical (unpaired) electrons. The van der Waals surface area contributed by atoms with E-state index in [1.54, 1.807) is 0 Å². The van der Waals surface area contributed by atoms with Crippen molar-refractivity contribution < 1.29 is 5.11 Å². The molecule has 2 heterocycles. The predicted octanol–water partition coefficient (Wildman–Crippen LogP) is 0.236. The van der Waals surface area contributed by atoms with Gasteiger partial charge in [0, 0.05) is 31.9 Å². The Hall–Kier alpha value is -0.970. The maximum absolute atomic E-state index is 9.84. The number of nitrogens with one attached hydrogen (secondary N) is 1. The summed E-state index contributed by atoms with van der Waals surface area (Å²) < 4.78 is 0. The van der Waals surface area contributed by atoms with Gasteiger partial charge >= 0.3 is 0 Å². The van der Waals surface area contributed by atoms with Gasteiger partial charge in [-0.1, -0.05) is 13.0 Å². The molecule has 4 nitrogen and oxygen atoms in total. The normalized spacial score (nSPS) is 25.2. The molecule has 1 fully saturated rings. The van der Waals surface area contributed by atoms with E-state index in [4.69, 9.17) is 0 Å². The Morgan fingerprint density at radius 1 is 1.50 bits per heavy atom. The molecule has 2 unspecified atom stereocenters. The van der Waals surface area contributed by atoms with E-state index in [0.29, 0.717) is 6.54 Å². The summed E-state index contributed by atoms with van der Waals surface area (Å²) in [5.74, 6) is 0. The molecule has 0 aliphatic carbocycles. The molecule has 2 N–H and O–H groups in total. The third kappa shape index (κ3) is 2.58. The minimum Gasteiger partial charge on any atom is -0.390 e. The van der Waals surface area contributed by atoms with Crippen LogP contribution in [0, 0.1) is 0 Å². The van der Waals surface area contributed by atoms with Gasteiger partial charge in [-0.05, 0) is 18.7 Å². The summed E-state index contributed by atoms with van der Waals surface area (Å²) in [6.07, 6.45) is 1.55. The Labute approximate surface area is 96.3 Å². The highest BCUT2D eigenvalue weighted by Gasteiger charge is 2.29. The summed E-state index contributed by atoms with van der Waals surface area (Å²) in [5.41, 5.74) is 1.06. The van der Waals surface area contributed by atoms with E-state index in [2.05, 4.69) is 22.1 Å². The highest BCUT2D eigenvalue weighted by Crippen LogP contribution is 2.12. The van der Waals surface area contributed by atoms with Gasteiger partial charge in [-0.3, -0.25) is 9.88 Å². The average Bonchev–Trinajstić information content (AvgIpc) is 2.74. The molecule has 1 aromatic rings. The van der Waals surface area contributed by atoms with Crippen LogP contribution in [-0.2, 0) is 6.54 Å². The smallest absolute Gasteiger partial charge is 0.0831 e. The largest absolute Gasteiger partial charge is 0.390 e. The quantitative estimate of drug-likeness (QED) is 0.764. The van der Waals surface area contributed by atoms with Gasteiger partial charge in [0.2, 0.25) is 0 Å². The van der Waals surface area contributed by atoms with Gasteiger partial charge in [-0.15, -0.1) is 0 Å². The van der Waals surface area contributed by atoms with Crippen molar-refractivity contribution in [2.24, 2.45) is 0 Å². The summed E-state index contributed by atoms with van der Waals surface area (Å²) in [6, 6.07) is 6.16. The minimum absolute atomic E-state index is 0.215. The summed E-state index contributed by atoms with van der Waals surface area (Å²) in [5, 5.41) is 13.1. The van der Waals surface area contributed by atoms with Crippen LogP contribution in [0.25, 0.3) is 0 Å². The molecule has 4 heteroatoms. The number of likely N-dealkylation sites (N-methyl/N-ethyl adjacent to an activating group) is 1. The third-order valence-corrected chi connectivity index (χ3v) is 3.12. The molecule has 1 aromatic heterocycles. The number of rotatable bonds is 4. The highest BCUT2D eigenvalue weighted by molar-refractivity contribution is 5.04. The van der Waals surface area contributed by atoms with Crippen LogP contribution < -0.4 is 5.32 Å². The van der Waals surface area contributed by atoms with Crippen molar-refractivity contribution in [3.05, 3.63) is 30.1 Å². The number of aliphatic hydroxyl groups excluding tert-OH is 1. The summed E-state index contributed by atoms with van der Waals surface area (Å²) in [7, 11) is 0. The van der Waals surface area contributed by atoms with Crippen LogP contribution >= 0.6 is 0 Å². The zero-order valence-electron chi connectivity index (χ0n) is 9.63. The van der Waals surface area contributed by atoms with E-state index in [-0.39, 0.29) is 12.1 Å². The van der Waals surface area contributed by atoms with Gasteiger partial charge in [0.05, 0.1) is 11.8 Å². The van der Waals surface area contributed by atoms with Crippen LogP contribution in [0.2, 0.25) is 0 Å². The maximum atomic E-state index is 9.84. The zero-order valence-corrected chi connectivity index (χ0v) is 9.63. The summed E-state index contributed by atoms with van der Waals surface area (Å²) >= 11 is 0. The minimum atomic E-state index is -0.260. The van der Waals surface area contributed by atoms with Crippen LogP contribution in [-0.4, -0.2) is 46.8 Å². The second kappa shape index (κ2) is 5.39. The highest BCUT2D eigenvalue weighted by atomic mass is 16.3. The molecule has 0 bridgehead atoms. The van der Waals surface area contributed by atoms with Crippen molar-refractivity contribution in [1.29, 1.82) is 0 Å². The third-order valence-electron chi connectivity index (χ3n) is 3.12. The van der Waals surface area contributed by atoms with Gasteiger partial charge in [0.1, 0.15) is 0 Å². The van der Waals surface area contributed by atoms with Crippen molar-refractivity contribution >= 4 is 0 Å². The fourth-order valence-electron chi connectivity index (χ4n) is 2.19. The molecular weight excluding hydrogens is 202 g/mol. The van der Waals surface area contributed by atoms with Crippen molar-refractivity contribution in [3.63, 3.8) is 0 Å². The molecule has 0 saturated carbocycles. The van der Waals surface area contributed by atoms with Crippen LogP contribution in [0.15, 0.2) is 24.4 Å². The van der Waals surface area contributed by atoms with Crippen LogP contribution in [0.1, 0.15) is 12.6 Å². The molecule has 0 spiro atoms. The molecule has 1 aliphatic heterocycles. The van der Waals surface area contributed by atoms with E-state index >= 15 is 0 Å². The molecule has 0 amide bonds. The molecule has 0 aromatic carbocycles. The van der Waals surface area contributed by atoms with Crippen molar-refractivity contribution in [1.82, 2.24) is 15.2 Å². The maximum Gasteiger partial charge on any atom is 0.0831 e. The number of β-amino-alcohol motifs (C(OH)–C–C–N with tert-alkyl or cyclic N) is 1. The van der Waals surface area contributed by atoms with E-state index in [0.717, 1.165) is 25.3 Å². The van der Waals surface area contributed by atoms with Gasteiger partial charge < -0.3 is 10.4 Å². The van der Waals surface area contributed by atoms with Gasteiger partial charge in [-0.2, -0.15) is 0 Å². The number of nitrogens with zero attached hydrogens (tertiary/aromatic N) is 2. The lowest BCUT2D eigenvalue weighted by Crippen LogP contribution is -2.42. The number of aliphatic hydroxyl groups is 1. The van der Waals surface area contributed by atoms with Gasteiger partial charge in [0.15, 0.2) is 0 Å². The Morgan fingerprint density at radius 2 is 2.38 bits per heavy atom. The lowest BCUT2D eigenvalue weighted by molar-refractivity contribution is 0.0810. The first-order chi connectivity index (χ1) is 7.81. The topological polar surface area (TPSA) is 48.4 Å². The molecule has 1 saturated heterocycles. The van der Waals surface area contributed by atoms with Crippen molar-refractivity contribution in [2.45, 2.75) is 25.6 Å². The SMILES string of the molecule is CCN(Cc1ccccn1)C1CNCC1O. The Bertz CT molecular complexity index is 317. The number of hydrogen-bond acceptors (Lipinski definition) is 4. The molecule has 2 rings (SSSR count). The van der Waals surface area contributed by atoms with E-state index < -0.39 is 0 Å². The monoisotopic (exact) mass is 221 g/mol. The first-order valence-corrected chi connectivity index (χ1v) is 5.84. The summed E-state index contributed by atoms with van der Waals surface area (Å²) in [6.45, 7) is 5.42. The molecule has 16 heavy (non-hydrogen) atoms. The molecule has 1 aliphatic rings. The fourth-order valence-corrected chi connectivity index (χ4v) is 2.19. The number of pyridine rings is 1. The van der Waals surface area contributed by atoms with Crippen molar-refractivity contribution in [3.8, 4) is 0 Å². The lowest BCUT2D eigenvalue weighted by atomic mass is 10.1. The fraction of sp³-hybridized carbons (Fsp3) is 0.583. The number of aromatic nitrogens is 1. The number of hydrogen-bond donors (Lipinski definition) is 2. The van der Waals surface area contributed by atoms with E-state index in [1.807, 2.05) is 24.4 Å². The first-order valence-electron chi connectivity index (χ1n) is 5.84. The van der Waals surface area contributed by atoms with Gasteiger partial charge in [-0.25, -0.2) is 0 Å². The van der Waals surface area contributed by atoms with Crippen LogP contribution in [0.5, 0.6) is 0 Å². The van der Waals surface area contributed by atoms with Gasteiger partial charge in [0.25, 0.3) is 0 Å². The predicted molar refractivity (Wildman–Crippen MR) is 63.0 cm³/mol. The zero-order chi connectivity index (χ0) is 11.4. The van der Waals surface area contributed by atoms with Crippen LogP contribution in [0.4, 0.5) is 0 Å². The standard InChI is InChI=1S/C12H19N3O/c1-2-15(11-7-13-8-12(11)16)9-10-5-3-4-6-14-10/h3-6,11-13,16H,2,7-9H2,1H3. The Balaban J connectivity index is 2.00. The second-order valence-corrected chi connectivity index (χ2v) is 4.18. The molecule has 88 valence electrons. The lowest BCUT2D eigenvalue weighted by Gasteiger charge is -2.28. The average molecular weight is 221 g/mol. The summed E-state index contributed by atoms with van der Waals surface area (Å²) in [4.78, 5) is 6.59. The molecular formula is C12H19N3O. The van der Waals surface area contributed by atoms with Crippen LogP contribution in [0.3, 0.4) is 0 Å².